The Hall–Kier alpha value is -4.05. The van der Waals surface area contributed by atoms with Crippen LogP contribution in [-0.2, 0) is 14.8 Å². The Morgan fingerprint density at radius 3 is 2.17 bits per heavy atom. The maximum atomic E-state index is 13.4. The Labute approximate surface area is 205 Å². The van der Waals surface area contributed by atoms with Crippen molar-refractivity contribution in [2.45, 2.75) is 11.8 Å². The Morgan fingerprint density at radius 1 is 0.914 bits per heavy atom. The number of hydrogen-bond donors (Lipinski definition) is 1. The quantitative estimate of drug-likeness (QED) is 0.340. The number of rotatable bonds is 10. The SMILES string of the molecule is COc1ccc(N(CC(=O)N/N=C\c2ccc(OC)c(OC)c2)S(=O)(=O)c2ccc(C)cc2)cc1. The molecule has 0 unspecified atom stereocenters. The molecule has 0 saturated heterocycles. The molecule has 0 bridgehead atoms. The summed E-state index contributed by atoms with van der Waals surface area (Å²) in [7, 11) is 0.533. The minimum atomic E-state index is -4.03. The van der Waals surface area contributed by atoms with E-state index in [-0.39, 0.29) is 4.90 Å². The fraction of sp³-hybridized carbons (Fsp3) is 0.200. The van der Waals surface area contributed by atoms with Crippen LogP contribution < -0.4 is 23.9 Å². The molecule has 3 aromatic rings. The van der Waals surface area contributed by atoms with E-state index in [9.17, 15) is 13.2 Å². The Morgan fingerprint density at radius 2 is 1.57 bits per heavy atom. The lowest BCUT2D eigenvalue weighted by atomic mass is 10.2. The lowest BCUT2D eigenvalue weighted by molar-refractivity contribution is -0.119. The van der Waals surface area contributed by atoms with Gasteiger partial charge in [0.05, 0.1) is 38.1 Å². The Bertz CT molecular complexity index is 1290. The van der Waals surface area contributed by atoms with Crippen molar-refractivity contribution < 1.29 is 27.4 Å². The van der Waals surface area contributed by atoms with Crippen LogP contribution in [0.2, 0.25) is 0 Å². The normalized spacial score (nSPS) is 11.2. The van der Waals surface area contributed by atoms with Gasteiger partial charge in [-0.1, -0.05) is 17.7 Å². The van der Waals surface area contributed by atoms with Gasteiger partial charge in [-0.25, -0.2) is 13.8 Å². The van der Waals surface area contributed by atoms with Gasteiger partial charge in [0.15, 0.2) is 11.5 Å². The summed E-state index contributed by atoms with van der Waals surface area (Å²) < 4.78 is 43.5. The first-order chi connectivity index (χ1) is 16.8. The van der Waals surface area contributed by atoms with Crippen LogP contribution in [-0.4, -0.2) is 48.4 Å². The molecule has 0 heterocycles. The lowest BCUT2D eigenvalue weighted by Gasteiger charge is -2.24. The van der Waals surface area contributed by atoms with Crippen LogP contribution in [0.5, 0.6) is 17.2 Å². The highest BCUT2D eigenvalue weighted by Crippen LogP contribution is 2.27. The minimum Gasteiger partial charge on any atom is -0.497 e. The first-order valence-electron chi connectivity index (χ1n) is 10.6. The van der Waals surface area contributed by atoms with Crippen LogP contribution in [0.4, 0.5) is 5.69 Å². The summed E-state index contributed by atoms with van der Waals surface area (Å²) in [5.74, 6) is 1.02. The van der Waals surface area contributed by atoms with Gasteiger partial charge in [-0.3, -0.25) is 9.10 Å². The van der Waals surface area contributed by atoms with Crippen molar-refractivity contribution >= 4 is 27.8 Å². The number of carbonyl (C=O) groups excluding carboxylic acids is 1. The van der Waals surface area contributed by atoms with Gasteiger partial charge < -0.3 is 14.2 Å². The van der Waals surface area contributed by atoms with Crippen molar-refractivity contribution in [1.29, 1.82) is 0 Å². The number of nitrogens with zero attached hydrogens (tertiary/aromatic N) is 2. The number of aryl methyl sites for hydroxylation is 1. The van der Waals surface area contributed by atoms with Gasteiger partial charge in [0.1, 0.15) is 12.3 Å². The first kappa shape index (κ1) is 25.6. The smallest absolute Gasteiger partial charge is 0.264 e. The topological polar surface area (TPSA) is 107 Å². The van der Waals surface area contributed by atoms with E-state index in [2.05, 4.69) is 10.5 Å². The molecular formula is C25H27N3O6S. The molecule has 0 aliphatic heterocycles. The van der Waals surface area contributed by atoms with Crippen molar-refractivity contribution in [2.75, 3.05) is 32.2 Å². The molecule has 0 aliphatic carbocycles. The Balaban J connectivity index is 1.82. The zero-order chi connectivity index (χ0) is 25.4. The van der Waals surface area contributed by atoms with Gasteiger partial charge in [0.25, 0.3) is 15.9 Å². The number of amides is 1. The number of hydrazone groups is 1. The van der Waals surface area contributed by atoms with Gasteiger partial charge >= 0.3 is 0 Å². The monoisotopic (exact) mass is 497 g/mol. The second-order valence-electron chi connectivity index (χ2n) is 7.43. The number of anilines is 1. The first-order valence-corrected chi connectivity index (χ1v) is 12.0. The summed E-state index contributed by atoms with van der Waals surface area (Å²) in [5.41, 5.74) is 4.26. The fourth-order valence-electron chi connectivity index (χ4n) is 3.18. The average Bonchev–Trinajstić information content (AvgIpc) is 2.87. The Kier molecular flexibility index (Phi) is 8.32. The molecule has 10 heteroatoms. The van der Waals surface area contributed by atoms with E-state index >= 15 is 0 Å². The van der Waals surface area contributed by atoms with Crippen LogP contribution in [0.3, 0.4) is 0 Å². The van der Waals surface area contributed by atoms with Crippen molar-refractivity contribution in [3.8, 4) is 17.2 Å². The maximum Gasteiger partial charge on any atom is 0.264 e. The van der Waals surface area contributed by atoms with Crippen molar-refractivity contribution in [3.05, 3.63) is 77.9 Å². The highest BCUT2D eigenvalue weighted by Gasteiger charge is 2.27. The zero-order valence-electron chi connectivity index (χ0n) is 19.9. The van der Waals surface area contributed by atoms with E-state index in [1.54, 1.807) is 54.6 Å². The molecule has 0 spiro atoms. The third-order valence-electron chi connectivity index (χ3n) is 5.07. The second kappa shape index (κ2) is 11.4. The third kappa shape index (κ3) is 6.30. The number of hydrogen-bond acceptors (Lipinski definition) is 7. The van der Waals surface area contributed by atoms with Crippen LogP contribution >= 0.6 is 0 Å². The number of benzene rings is 3. The van der Waals surface area contributed by atoms with Gasteiger partial charge in [0, 0.05) is 0 Å². The van der Waals surface area contributed by atoms with E-state index in [4.69, 9.17) is 14.2 Å². The molecule has 0 fully saturated rings. The highest BCUT2D eigenvalue weighted by molar-refractivity contribution is 7.92. The van der Waals surface area contributed by atoms with Gasteiger partial charge in [-0.15, -0.1) is 0 Å². The fourth-order valence-corrected chi connectivity index (χ4v) is 4.60. The van der Waals surface area contributed by atoms with Gasteiger partial charge in [-0.05, 0) is 67.1 Å². The summed E-state index contributed by atoms with van der Waals surface area (Å²) >= 11 is 0. The van der Waals surface area contributed by atoms with Crippen LogP contribution in [0.25, 0.3) is 0 Å². The molecule has 1 amide bonds. The number of carbonyl (C=O) groups is 1. The molecule has 3 aromatic carbocycles. The molecule has 3 rings (SSSR count). The molecule has 184 valence electrons. The summed E-state index contributed by atoms with van der Waals surface area (Å²) in [6, 6.07) is 18.0. The molecular weight excluding hydrogens is 470 g/mol. The van der Waals surface area contributed by atoms with E-state index in [1.165, 1.54) is 39.7 Å². The van der Waals surface area contributed by atoms with Crippen molar-refractivity contribution in [1.82, 2.24) is 5.43 Å². The molecule has 0 aliphatic rings. The maximum absolute atomic E-state index is 13.4. The van der Waals surface area contributed by atoms with Crippen LogP contribution in [0.1, 0.15) is 11.1 Å². The molecule has 1 N–H and O–H groups in total. The van der Waals surface area contributed by atoms with E-state index in [0.717, 1.165) is 9.87 Å². The molecule has 0 atom stereocenters. The minimum absolute atomic E-state index is 0.0700. The summed E-state index contributed by atoms with van der Waals surface area (Å²) in [6.45, 7) is 1.38. The van der Waals surface area contributed by atoms with E-state index < -0.39 is 22.5 Å². The summed E-state index contributed by atoms with van der Waals surface area (Å²) in [4.78, 5) is 12.8. The predicted molar refractivity (Wildman–Crippen MR) is 134 cm³/mol. The number of methoxy groups -OCH3 is 3. The molecule has 0 aromatic heterocycles. The van der Waals surface area contributed by atoms with Crippen molar-refractivity contribution in [3.63, 3.8) is 0 Å². The average molecular weight is 498 g/mol. The molecule has 9 nitrogen and oxygen atoms in total. The number of ether oxygens (including phenoxy) is 3. The summed E-state index contributed by atoms with van der Waals surface area (Å²) in [5, 5.41) is 3.95. The van der Waals surface area contributed by atoms with Crippen LogP contribution in [0.15, 0.2) is 76.7 Å². The number of sulfonamides is 1. The molecule has 35 heavy (non-hydrogen) atoms. The third-order valence-corrected chi connectivity index (χ3v) is 6.86. The zero-order valence-corrected chi connectivity index (χ0v) is 20.7. The number of nitrogens with one attached hydrogen (secondary N) is 1. The van der Waals surface area contributed by atoms with Crippen LogP contribution in [0, 0.1) is 6.92 Å². The van der Waals surface area contributed by atoms with Gasteiger partial charge in [0.2, 0.25) is 0 Å². The molecule has 0 radical (unpaired) electrons. The van der Waals surface area contributed by atoms with Gasteiger partial charge in [-0.2, -0.15) is 5.10 Å². The lowest BCUT2D eigenvalue weighted by Crippen LogP contribution is -2.39. The van der Waals surface area contributed by atoms with E-state index in [1.807, 2.05) is 6.92 Å². The predicted octanol–water partition coefficient (Wildman–Crippen LogP) is 3.37. The molecule has 0 saturated carbocycles. The second-order valence-corrected chi connectivity index (χ2v) is 9.29. The largest absolute Gasteiger partial charge is 0.497 e. The highest BCUT2D eigenvalue weighted by atomic mass is 32.2. The summed E-state index contributed by atoms with van der Waals surface area (Å²) in [6.07, 6.45) is 1.42. The van der Waals surface area contributed by atoms with Crippen molar-refractivity contribution in [2.24, 2.45) is 5.10 Å². The van der Waals surface area contributed by atoms with E-state index in [0.29, 0.717) is 28.5 Å². The standard InChI is InChI=1S/C25H27N3O6S/c1-18-5-12-22(13-6-18)35(30,31)28(20-8-10-21(32-2)11-9-20)17-25(29)27-26-16-19-7-14-23(33-3)24(15-19)34-4/h5-16H,17H2,1-4H3,(H,27,29)/b26-16-.